The van der Waals surface area contributed by atoms with Crippen molar-refractivity contribution in [2.45, 2.75) is 38.1 Å². The number of aryl methyl sites for hydroxylation is 1. The van der Waals surface area contributed by atoms with Crippen molar-refractivity contribution in [1.29, 1.82) is 0 Å². The Morgan fingerprint density at radius 3 is 2.37 bits per heavy atom. The maximum atomic E-state index is 11.5. The molecule has 150 valence electrons. The van der Waals surface area contributed by atoms with Gasteiger partial charge in [-0.05, 0) is 57.0 Å². The van der Waals surface area contributed by atoms with Crippen molar-refractivity contribution in [3.63, 3.8) is 0 Å². The van der Waals surface area contributed by atoms with Crippen molar-refractivity contribution in [2.75, 3.05) is 19.3 Å². The number of nitrogens with one attached hydrogen (secondary N) is 2. The molecule has 2 rings (SSSR count). The predicted molar refractivity (Wildman–Crippen MR) is 120 cm³/mol. The van der Waals surface area contributed by atoms with Crippen LogP contribution in [-0.4, -0.2) is 33.7 Å². The van der Waals surface area contributed by atoms with Crippen LogP contribution < -0.4 is 10.6 Å². The number of sulfone groups is 1. The first-order valence-electron chi connectivity index (χ1n) is 8.69. The maximum absolute atomic E-state index is 11.5. The van der Waals surface area contributed by atoms with Crippen molar-refractivity contribution in [3.05, 3.63) is 53.5 Å². The number of hydrogen-bond acceptors (Lipinski definition) is 4. The highest BCUT2D eigenvalue weighted by Crippen LogP contribution is 2.15. The Morgan fingerprint density at radius 2 is 1.85 bits per heavy atom. The largest absolute Gasteiger partial charge is 0.464 e. The molecule has 0 saturated heterocycles. The summed E-state index contributed by atoms with van der Waals surface area (Å²) < 4.78 is 28.6. The molecule has 1 unspecified atom stereocenters. The van der Waals surface area contributed by atoms with Gasteiger partial charge in [0.2, 0.25) is 0 Å². The van der Waals surface area contributed by atoms with Gasteiger partial charge in [-0.25, -0.2) is 8.42 Å². The van der Waals surface area contributed by atoms with Gasteiger partial charge in [0, 0.05) is 19.3 Å². The van der Waals surface area contributed by atoms with E-state index in [1.807, 2.05) is 45.0 Å². The molecular weight excluding hydrogens is 477 g/mol. The quantitative estimate of drug-likeness (QED) is 0.342. The molecule has 0 amide bonds. The number of benzene rings is 1. The van der Waals surface area contributed by atoms with E-state index in [1.165, 1.54) is 6.26 Å². The third-order valence-corrected chi connectivity index (χ3v) is 5.04. The number of hydrogen-bond donors (Lipinski definition) is 2. The number of halogens is 1. The first-order valence-corrected chi connectivity index (χ1v) is 10.6. The molecule has 0 fully saturated rings. The molecule has 6 nitrogen and oxygen atoms in total. The lowest BCUT2D eigenvalue weighted by Crippen LogP contribution is -2.38. The van der Waals surface area contributed by atoms with E-state index in [-0.39, 0.29) is 30.0 Å². The van der Waals surface area contributed by atoms with E-state index in [9.17, 15) is 8.42 Å². The van der Waals surface area contributed by atoms with E-state index >= 15 is 0 Å². The summed E-state index contributed by atoms with van der Waals surface area (Å²) in [5.74, 6) is 2.47. The van der Waals surface area contributed by atoms with Crippen LogP contribution in [0.4, 0.5) is 0 Å². The Bertz CT molecular complexity index is 845. The van der Waals surface area contributed by atoms with Crippen LogP contribution in [0.3, 0.4) is 0 Å². The average Bonchev–Trinajstić information content (AvgIpc) is 3.01. The molecule has 0 radical (unpaired) electrons. The smallest absolute Gasteiger partial charge is 0.191 e. The highest BCUT2D eigenvalue weighted by atomic mass is 127. The second kappa shape index (κ2) is 10.7. The van der Waals surface area contributed by atoms with Crippen LogP contribution in [0.1, 0.15) is 37.0 Å². The molecule has 0 aliphatic carbocycles. The van der Waals surface area contributed by atoms with E-state index < -0.39 is 9.84 Å². The lowest BCUT2D eigenvalue weighted by molar-refractivity contribution is 0.441. The van der Waals surface area contributed by atoms with Gasteiger partial charge in [-0.1, -0.05) is 12.1 Å². The number of aliphatic imine (C=N–C) groups is 1. The third kappa shape index (κ3) is 7.53. The Hall–Kier alpha value is -1.55. The van der Waals surface area contributed by atoms with Gasteiger partial charge >= 0.3 is 0 Å². The molecule has 8 heteroatoms. The number of furan rings is 1. The summed E-state index contributed by atoms with van der Waals surface area (Å²) in [4.78, 5) is 4.92. The van der Waals surface area contributed by atoms with Crippen LogP contribution in [-0.2, 0) is 16.3 Å². The van der Waals surface area contributed by atoms with Gasteiger partial charge in [-0.2, -0.15) is 0 Å². The third-order valence-electron chi connectivity index (χ3n) is 3.91. The molecule has 1 heterocycles. The van der Waals surface area contributed by atoms with Gasteiger partial charge in [-0.15, -0.1) is 24.0 Å². The topological polar surface area (TPSA) is 83.7 Å². The zero-order valence-corrected chi connectivity index (χ0v) is 19.3. The molecule has 2 aromatic rings. The van der Waals surface area contributed by atoms with Crippen LogP contribution in [0, 0.1) is 6.92 Å². The lowest BCUT2D eigenvalue weighted by Gasteiger charge is -2.16. The van der Waals surface area contributed by atoms with Crippen LogP contribution >= 0.6 is 24.0 Å². The van der Waals surface area contributed by atoms with Crippen molar-refractivity contribution >= 4 is 39.8 Å². The summed E-state index contributed by atoms with van der Waals surface area (Å²) in [6.45, 7) is 7.32. The zero-order chi connectivity index (χ0) is 19.2. The monoisotopic (exact) mass is 505 g/mol. The number of rotatable bonds is 7. The lowest BCUT2D eigenvalue weighted by atomic mass is 10.1. The van der Waals surface area contributed by atoms with Gasteiger partial charge in [0.05, 0.1) is 10.9 Å². The molecule has 0 bridgehead atoms. The Morgan fingerprint density at radius 1 is 1.19 bits per heavy atom. The van der Waals surface area contributed by atoms with Crippen LogP contribution in [0.25, 0.3) is 0 Å². The molecule has 2 N–H and O–H groups in total. The van der Waals surface area contributed by atoms with Crippen LogP contribution in [0.2, 0.25) is 0 Å². The molecule has 27 heavy (non-hydrogen) atoms. The van der Waals surface area contributed by atoms with E-state index in [4.69, 9.17) is 4.42 Å². The normalized spacial score (nSPS) is 13.0. The van der Waals surface area contributed by atoms with Gasteiger partial charge in [-0.3, -0.25) is 4.99 Å². The Labute approximate surface area is 178 Å². The number of guanidine groups is 1. The molecule has 0 aliphatic heterocycles. The fraction of sp³-hybridized carbons (Fsp3) is 0.421. The van der Waals surface area contributed by atoms with Gasteiger partial charge in [0.1, 0.15) is 11.5 Å². The van der Waals surface area contributed by atoms with Gasteiger partial charge in [0.15, 0.2) is 15.8 Å². The Kier molecular flexibility index (Phi) is 9.31. The summed E-state index contributed by atoms with van der Waals surface area (Å²) >= 11 is 0. The van der Waals surface area contributed by atoms with Gasteiger partial charge in [0.25, 0.3) is 0 Å². The fourth-order valence-electron chi connectivity index (χ4n) is 2.48. The van der Waals surface area contributed by atoms with Crippen LogP contribution in [0.5, 0.6) is 0 Å². The standard InChI is InChI=1S/C19H27N3O3S.HI/c1-5-20-19(22-15(3)18-11-6-14(2)25-18)21-13-12-16-7-9-17(10-8-16)26(4,23)24;/h6-11,15H,5,12-13H2,1-4H3,(H2,20,21,22);1H. The minimum absolute atomic E-state index is 0. The van der Waals surface area contributed by atoms with Crippen molar-refractivity contribution < 1.29 is 12.8 Å². The molecule has 0 saturated carbocycles. The maximum Gasteiger partial charge on any atom is 0.191 e. The Balaban J connectivity index is 0.00000364. The molecule has 1 atom stereocenters. The first-order chi connectivity index (χ1) is 12.3. The molecule has 1 aromatic heterocycles. The zero-order valence-electron chi connectivity index (χ0n) is 16.2. The van der Waals surface area contributed by atoms with E-state index in [2.05, 4.69) is 15.6 Å². The summed E-state index contributed by atoms with van der Waals surface area (Å²) in [7, 11) is -3.16. The second-order valence-corrected chi connectivity index (χ2v) is 8.26. The summed E-state index contributed by atoms with van der Waals surface area (Å²) in [6.07, 6.45) is 1.94. The van der Waals surface area contributed by atoms with Crippen molar-refractivity contribution in [3.8, 4) is 0 Å². The molecule has 1 aromatic carbocycles. The van der Waals surface area contributed by atoms with E-state index in [0.717, 1.165) is 36.0 Å². The minimum Gasteiger partial charge on any atom is -0.464 e. The van der Waals surface area contributed by atoms with Crippen LogP contribution in [0.15, 0.2) is 50.7 Å². The SMILES string of the molecule is CCNC(=NCCc1ccc(S(C)(=O)=O)cc1)NC(C)c1ccc(C)o1.I. The molecular formula is C19H28IN3O3S. The predicted octanol–water partition coefficient (Wildman–Crippen LogP) is 3.47. The summed E-state index contributed by atoms with van der Waals surface area (Å²) in [5.41, 5.74) is 1.05. The minimum atomic E-state index is -3.16. The van der Waals surface area contributed by atoms with Crippen molar-refractivity contribution in [2.24, 2.45) is 4.99 Å². The van der Waals surface area contributed by atoms with Crippen molar-refractivity contribution in [1.82, 2.24) is 10.6 Å². The summed E-state index contributed by atoms with van der Waals surface area (Å²) in [5, 5.41) is 6.55. The average molecular weight is 505 g/mol. The molecule has 0 spiro atoms. The first kappa shape index (κ1) is 23.5. The highest BCUT2D eigenvalue weighted by Gasteiger charge is 2.11. The van der Waals surface area contributed by atoms with E-state index in [0.29, 0.717) is 11.4 Å². The molecule has 0 aliphatic rings. The second-order valence-electron chi connectivity index (χ2n) is 6.24. The van der Waals surface area contributed by atoms with E-state index in [1.54, 1.807) is 12.1 Å². The summed E-state index contributed by atoms with van der Waals surface area (Å²) in [6, 6.07) is 10.9. The number of nitrogens with zero attached hydrogens (tertiary/aromatic N) is 1. The fourth-order valence-corrected chi connectivity index (χ4v) is 3.11. The highest BCUT2D eigenvalue weighted by molar-refractivity contribution is 14.0. The van der Waals surface area contributed by atoms with Gasteiger partial charge < -0.3 is 15.1 Å².